The van der Waals surface area contributed by atoms with Crippen molar-refractivity contribution in [3.05, 3.63) is 35.9 Å². The highest BCUT2D eigenvalue weighted by atomic mass is 16.4. The summed E-state index contributed by atoms with van der Waals surface area (Å²) in [7, 11) is 0. The van der Waals surface area contributed by atoms with Gasteiger partial charge in [0.05, 0.1) is 5.41 Å². The fourth-order valence-electron chi connectivity index (χ4n) is 2.68. The molecule has 0 spiro atoms. The van der Waals surface area contributed by atoms with Crippen molar-refractivity contribution in [1.29, 1.82) is 0 Å². The third-order valence-corrected chi connectivity index (χ3v) is 4.09. The number of aliphatic carboxylic acids is 1. The molecule has 2 nitrogen and oxygen atoms in total. The maximum absolute atomic E-state index is 11.1. The first kappa shape index (κ1) is 12.2. The Hall–Kier alpha value is -1.31. The van der Waals surface area contributed by atoms with Gasteiger partial charge in [-0.2, -0.15) is 0 Å². The third kappa shape index (κ3) is 2.87. The average molecular weight is 232 g/mol. The van der Waals surface area contributed by atoms with Crippen LogP contribution in [0.15, 0.2) is 30.3 Å². The lowest BCUT2D eigenvalue weighted by Gasteiger charge is -2.33. The molecule has 1 aliphatic carbocycles. The minimum absolute atomic E-state index is 0.479. The second-order valence-corrected chi connectivity index (χ2v) is 5.50. The van der Waals surface area contributed by atoms with Crippen LogP contribution in [-0.2, 0) is 11.2 Å². The molecule has 2 heteroatoms. The normalized spacial score (nSPS) is 28.9. The van der Waals surface area contributed by atoms with Gasteiger partial charge < -0.3 is 5.11 Å². The van der Waals surface area contributed by atoms with Gasteiger partial charge in [-0.3, -0.25) is 4.79 Å². The van der Waals surface area contributed by atoms with Crippen LogP contribution in [0.1, 0.15) is 38.2 Å². The lowest BCUT2D eigenvalue weighted by Crippen LogP contribution is -2.32. The molecule has 1 aliphatic rings. The van der Waals surface area contributed by atoms with Crippen molar-refractivity contribution in [2.45, 2.75) is 39.0 Å². The van der Waals surface area contributed by atoms with Gasteiger partial charge in [0.25, 0.3) is 0 Å². The summed E-state index contributed by atoms with van der Waals surface area (Å²) in [6.07, 6.45) is 4.81. The molecule has 0 unspecified atom stereocenters. The SMILES string of the molecule is CC1(C(=O)O)CCC(Cc2ccccc2)CC1. The van der Waals surface area contributed by atoms with Crippen LogP contribution in [0.2, 0.25) is 0 Å². The topological polar surface area (TPSA) is 37.3 Å². The Morgan fingerprint density at radius 3 is 2.41 bits per heavy atom. The van der Waals surface area contributed by atoms with Crippen molar-refractivity contribution in [1.82, 2.24) is 0 Å². The fraction of sp³-hybridized carbons (Fsp3) is 0.533. The van der Waals surface area contributed by atoms with Gasteiger partial charge in [0.15, 0.2) is 0 Å². The summed E-state index contributed by atoms with van der Waals surface area (Å²) in [6.45, 7) is 1.88. The predicted molar refractivity (Wildman–Crippen MR) is 67.8 cm³/mol. The first-order valence-electron chi connectivity index (χ1n) is 6.37. The van der Waals surface area contributed by atoms with Crippen LogP contribution in [0.4, 0.5) is 0 Å². The monoisotopic (exact) mass is 232 g/mol. The smallest absolute Gasteiger partial charge is 0.309 e. The Morgan fingerprint density at radius 2 is 1.88 bits per heavy atom. The molecule has 0 saturated heterocycles. The van der Waals surface area contributed by atoms with Gasteiger partial charge in [-0.15, -0.1) is 0 Å². The Kier molecular flexibility index (Phi) is 3.51. The van der Waals surface area contributed by atoms with E-state index in [4.69, 9.17) is 0 Å². The van der Waals surface area contributed by atoms with Crippen LogP contribution in [0.25, 0.3) is 0 Å². The van der Waals surface area contributed by atoms with Gasteiger partial charge >= 0.3 is 5.97 Å². The second-order valence-electron chi connectivity index (χ2n) is 5.50. The average Bonchev–Trinajstić information content (AvgIpc) is 2.33. The number of carbonyl (C=O) groups is 1. The molecule has 0 radical (unpaired) electrons. The molecule has 0 amide bonds. The van der Waals surface area contributed by atoms with Gasteiger partial charge in [0, 0.05) is 0 Å². The van der Waals surface area contributed by atoms with E-state index in [2.05, 4.69) is 24.3 Å². The van der Waals surface area contributed by atoms with E-state index in [9.17, 15) is 9.90 Å². The van der Waals surface area contributed by atoms with Gasteiger partial charge in [-0.25, -0.2) is 0 Å². The number of rotatable bonds is 3. The maximum Gasteiger partial charge on any atom is 0.309 e. The molecule has 2 rings (SSSR count). The molecule has 1 aromatic carbocycles. The minimum Gasteiger partial charge on any atom is -0.481 e. The van der Waals surface area contributed by atoms with E-state index in [1.165, 1.54) is 5.56 Å². The van der Waals surface area contributed by atoms with E-state index in [0.29, 0.717) is 5.92 Å². The summed E-state index contributed by atoms with van der Waals surface area (Å²) < 4.78 is 0. The van der Waals surface area contributed by atoms with Crippen molar-refractivity contribution < 1.29 is 9.90 Å². The molecule has 1 saturated carbocycles. The highest BCUT2D eigenvalue weighted by Crippen LogP contribution is 2.39. The first-order chi connectivity index (χ1) is 8.10. The largest absolute Gasteiger partial charge is 0.481 e. The Balaban J connectivity index is 1.90. The fourth-order valence-corrected chi connectivity index (χ4v) is 2.68. The summed E-state index contributed by atoms with van der Waals surface area (Å²) in [5, 5.41) is 9.17. The van der Waals surface area contributed by atoms with Crippen molar-refractivity contribution in [2.24, 2.45) is 11.3 Å². The standard InChI is InChI=1S/C15H20O2/c1-15(14(16)17)9-7-13(8-10-15)11-12-5-3-2-4-6-12/h2-6,13H,7-11H2,1H3,(H,16,17). The maximum atomic E-state index is 11.1. The van der Waals surface area contributed by atoms with E-state index in [0.717, 1.165) is 32.1 Å². The highest BCUT2D eigenvalue weighted by Gasteiger charge is 2.37. The molecule has 0 aromatic heterocycles. The zero-order valence-electron chi connectivity index (χ0n) is 10.4. The van der Waals surface area contributed by atoms with Gasteiger partial charge in [0.2, 0.25) is 0 Å². The van der Waals surface area contributed by atoms with E-state index in [1.54, 1.807) is 0 Å². The second kappa shape index (κ2) is 4.91. The number of hydrogen-bond acceptors (Lipinski definition) is 1. The number of benzene rings is 1. The molecular formula is C15H20O2. The Bertz CT molecular complexity index is 375. The molecule has 17 heavy (non-hydrogen) atoms. The summed E-state index contributed by atoms with van der Waals surface area (Å²) in [5.41, 5.74) is 0.893. The molecule has 1 aromatic rings. The van der Waals surface area contributed by atoms with E-state index in [1.807, 2.05) is 13.0 Å². The van der Waals surface area contributed by atoms with Crippen LogP contribution < -0.4 is 0 Å². The van der Waals surface area contributed by atoms with Crippen molar-refractivity contribution >= 4 is 5.97 Å². The van der Waals surface area contributed by atoms with Crippen LogP contribution in [0, 0.1) is 11.3 Å². The van der Waals surface area contributed by atoms with Crippen LogP contribution in [0.3, 0.4) is 0 Å². The van der Waals surface area contributed by atoms with Crippen molar-refractivity contribution in [3.63, 3.8) is 0 Å². The summed E-state index contributed by atoms with van der Waals surface area (Å²) in [5.74, 6) is 0.0282. The highest BCUT2D eigenvalue weighted by molar-refractivity contribution is 5.74. The zero-order valence-corrected chi connectivity index (χ0v) is 10.4. The Labute approximate surface area is 103 Å². The number of hydrogen-bond donors (Lipinski definition) is 1. The molecule has 1 fully saturated rings. The molecular weight excluding hydrogens is 212 g/mol. The predicted octanol–water partition coefficient (Wildman–Crippen LogP) is 3.51. The van der Waals surface area contributed by atoms with E-state index in [-0.39, 0.29) is 0 Å². The van der Waals surface area contributed by atoms with Gasteiger partial charge in [0.1, 0.15) is 0 Å². The van der Waals surface area contributed by atoms with E-state index < -0.39 is 11.4 Å². The van der Waals surface area contributed by atoms with Gasteiger partial charge in [-0.1, -0.05) is 30.3 Å². The quantitative estimate of drug-likeness (QED) is 0.865. The lowest BCUT2D eigenvalue weighted by molar-refractivity contribution is -0.150. The molecule has 0 bridgehead atoms. The van der Waals surface area contributed by atoms with Crippen molar-refractivity contribution in [3.8, 4) is 0 Å². The van der Waals surface area contributed by atoms with Crippen LogP contribution >= 0.6 is 0 Å². The molecule has 0 atom stereocenters. The minimum atomic E-state index is -0.629. The van der Waals surface area contributed by atoms with Crippen LogP contribution in [-0.4, -0.2) is 11.1 Å². The molecule has 92 valence electrons. The summed E-state index contributed by atoms with van der Waals surface area (Å²) >= 11 is 0. The summed E-state index contributed by atoms with van der Waals surface area (Å²) in [4.78, 5) is 11.1. The van der Waals surface area contributed by atoms with E-state index >= 15 is 0 Å². The summed E-state index contributed by atoms with van der Waals surface area (Å²) in [6, 6.07) is 10.5. The molecule has 0 heterocycles. The zero-order chi connectivity index (χ0) is 12.3. The third-order valence-electron chi connectivity index (χ3n) is 4.09. The lowest BCUT2D eigenvalue weighted by atomic mass is 9.70. The molecule has 1 N–H and O–H groups in total. The Morgan fingerprint density at radius 1 is 1.29 bits per heavy atom. The number of carboxylic acids is 1. The van der Waals surface area contributed by atoms with Crippen LogP contribution in [0.5, 0.6) is 0 Å². The number of carboxylic acid groups (broad SMARTS) is 1. The molecule has 0 aliphatic heterocycles. The van der Waals surface area contributed by atoms with Crippen molar-refractivity contribution in [2.75, 3.05) is 0 Å². The van der Waals surface area contributed by atoms with Gasteiger partial charge in [-0.05, 0) is 50.5 Å². The first-order valence-corrected chi connectivity index (χ1v) is 6.37.